The van der Waals surface area contributed by atoms with Gasteiger partial charge in [-0.15, -0.1) is 0 Å². The van der Waals surface area contributed by atoms with Gasteiger partial charge in [-0.3, -0.25) is 9.59 Å². The molecule has 1 atom stereocenters. The molecule has 1 amide bonds. The summed E-state index contributed by atoms with van der Waals surface area (Å²) in [6.45, 7) is 5.14. The molecular weight excluding hydrogens is 446 g/mol. The van der Waals surface area contributed by atoms with E-state index in [1.54, 1.807) is 60.7 Å². The van der Waals surface area contributed by atoms with Gasteiger partial charge in [-0.25, -0.2) is 0 Å². The van der Waals surface area contributed by atoms with E-state index in [9.17, 15) is 14.7 Å². The quantitative estimate of drug-likeness (QED) is 0.181. The van der Waals surface area contributed by atoms with Crippen LogP contribution in [0.1, 0.15) is 49.6 Å². The number of aliphatic hydroxyl groups is 1. The third-order valence-corrected chi connectivity index (χ3v) is 5.83. The minimum Gasteiger partial charge on any atom is -0.507 e. The van der Waals surface area contributed by atoms with Crippen LogP contribution in [0.5, 0.6) is 11.5 Å². The number of unbranched alkanes of at least 4 members (excludes halogenated alkanes) is 1. The summed E-state index contributed by atoms with van der Waals surface area (Å²) in [6.07, 6.45) is 3.43. The standard InChI is InChI=1S/C28H29NO6/c1-3-5-15-34-22-9-6-8-20(17-22)26(30)24-25(19-11-13-21(14-12-19)33-4-2)29(28(32)27(24)31)18-23-10-7-16-35-23/h6-14,16-17,25,30H,3-5,15,18H2,1-2H3/b26-24+. The Bertz CT molecular complexity index is 1200. The third-order valence-electron chi connectivity index (χ3n) is 5.83. The Morgan fingerprint density at radius 2 is 1.80 bits per heavy atom. The van der Waals surface area contributed by atoms with Gasteiger partial charge in [0.2, 0.25) is 0 Å². The minimum atomic E-state index is -0.791. The lowest BCUT2D eigenvalue weighted by atomic mass is 9.95. The van der Waals surface area contributed by atoms with Crippen LogP contribution < -0.4 is 9.47 Å². The highest BCUT2D eigenvalue weighted by Crippen LogP contribution is 2.41. The van der Waals surface area contributed by atoms with Crippen molar-refractivity contribution in [3.8, 4) is 11.5 Å². The van der Waals surface area contributed by atoms with Crippen LogP contribution in [0, 0.1) is 0 Å². The molecule has 4 rings (SSSR count). The van der Waals surface area contributed by atoms with Crippen LogP contribution in [0.15, 0.2) is 76.9 Å². The van der Waals surface area contributed by atoms with Gasteiger partial charge >= 0.3 is 0 Å². The second-order valence-electron chi connectivity index (χ2n) is 8.24. The number of Topliss-reactive ketones (excluding diaryl/α,β-unsaturated/α-hetero) is 1. The predicted octanol–water partition coefficient (Wildman–Crippen LogP) is 5.48. The zero-order chi connectivity index (χ0) is 24.8. The molecule has 1 aliphatic rings. The number of ketones is 1. The Labute approximate surface area is 204 Å². The van der Waals surface area contributed by atoms with E-state index in [0.29, 0.717) is 41.6 Å². The van der Waals surface area contributed by atoms with Crippen LogP contribution in [-0.4, -0.2) is 34.9 Å². The Morgan fingerprint density at radius 3 is 2.49 bits per heavy atom. The van der Waals surface area contributed by atoms with Crippen molar-refractivity contribution in [3.05, 3.63) is 89.4 Å². The van der Waals surface area contributed by atoms with Gasteiger partial charge in [-0.1, -0.05) is 37.6 Å². The first-order chi connectivity index (χ1) is 17.0. The number of benzene rings is 2. The maximum absolute atomic E-state index is 13.2. The predicted molar refractivity (Wildman–Crippen MR) is 131 cm³/mol. The number of rotatable bonds is 10. The molecule has 1 fully saturated rings. The van der Waals surface area contributed by atoms with Gasteiger partial charge in [0.15, 0.2) is 0 Å². The van der Waals surface area contributed by atoms with Crippen LogP contribution in [0.2, 0.25) is 0 Å². The smallest absolute Gasteiger partial charge is 0.296 e. The monoisotopic (exact) mass is 475 g/mol. The van der Waals surface area contributed by atoms with E-state index in [4.69, 9.17) is 13.9 Å². The SMILES string of the molecule is CCCCOc1cccc(/C(O)=C2\C(=O)C(=O)N(Cc3ccco3)C2c2ccc(OCC)cc2)c1. The molecule has 1 N–H and O–H groups in total. The van der Waals surface area contributed by atoms with Crippen LogP contribution in [0.25, 0.3) is 5.76 Å². The van der Waals surface area contributed by atoms with E-state index in [-0.39, 0.29) is 17.9 Å². The molecule has 2 heterocycles. The molecule has 7 heteroatoms. The fourth-order valence-electron chi connectivity index (χ4n) is 4.10. The number of aliphatic hydroxyl groups excluding tert-OH is 1. The summed E-state index contributed by atoms with van der Waals surface area (Å²) in [5, 5.41) is 11.3. The Morgan fingerprint density at radius 1 is 1.00 bits per heavy atom. The van der Waals surface area contributed by atoms with Crippen molar-refractivity contribution in [2.75, 3.05) is 13.2 Å². The maximum Gasteiger partial charge on any atom is 0.296 e. The van der Waals surface area contributed by atoms with Crippen molar-refractivity contribution in [2.45, 2.75) is 39.3 Å². The number of furan rings is 1. The molecule has 1 unspecified atom stereocenters. The molecule has 0 aliphatic carbocycles. The van der Waals surface area contributed by atoms with Crippen LogP contribution in [0.4, 0.5) is 0 Å². The lowest BCUT2D eigenvalue weighted by Crippen LogP contribution is -2.29. The maximum atomic E-state index is 13.2. The lowest BCUT2D eigenvalue weighted by molar-refractivity contribution is -0.140. The average Bonchev–Trinajstić information content (AvgIpc) is 3.47. The van der Waals surface area contributed by atoms with Gasteiger partial charge in [0.25, 0.3) is 11.7 Å². The number of ether oxygens (including phenoxy) is 2. The van der Waals surface area contributed by atoms with Crippen molar-refractivity contribution in [1.82, 2.24) is 4.90 Å². The first-order valence-electron chi connectivity index (χ1n) is 11.8. The van der Waals surface area contributed by atoms with Crippen molar-refractivity contribution in [3.63, 3.8) is 0 Å². The van der Waals surface area contributed by atoms with Gasteiger partial charge in [-0.2, -0.15) is 0 Å². The molecule has 1 saturated heterocycles. The van der Waals surface area contributed by atoms with Crippen molar-refractivity contribution >= 4 is 17.4 Å². The van der Waals surface area contributed by atoms with E-state index in [1.807, 2.05) is 6.92 Å². The third kappa shape index (κ3) is 5.24. The molecule has 1 aromatic heterocycles. The number of likely N-dealkylation sites (tertiary alicyclic amines) is 1. The highest BCUT2D eigenvalue weighted by Gasteiger charge is 2.46. The molecule has 0 saturated carbocycles. The summed E-state index contributed by atoms with van der Waals surface area (Å²) in [5.74, 6) is 0.114. The van der Waals surface area contributed by atoms with Gasteiger partial charge in [0.05, 0.1) is 37.6 Å². The van der Waals surface area contributed by atoms with Gasteiger partial charge in [-0.05, 0) is 55.3 Å². The second kappa shape index (κ2) is 11.0. The fraction of sp³-hybridized carbons (Fsp3) is 0.286. The molecule has 2 aromatic carbocycles. The topological polar surface area (TPSA) is 89.2 Å². The van der Waals surface area contributed by atoms with Crippen LogP contribution in [-0.2, 0) is 16.1 Å². The zero-order valence-electron chi connectivity index (χ0n) is 19.9. The summed E-state index contributed by atoms with van der Waals surface area (Å²) >= 11 is 0. The lowest BCUT2D eigenvalue weighted by Gasteiger charge is -2.24. The number of carbonyl (C=O) groups is 2. The molecule has 35 heavy (non-hydrogen) atoms. The molecule has 7 nitrogen and oxygen atoms in total. The van der Waals surface area contributed by atoms with E-state index in [0.717, 1.165) is 12.8 Å². The summed E-state index contributed by atoms with van der Waals surface area (Å²) in [4.78, 5) is 27.7. The number of carbonyl (C=O) groups excluding carboxylic acids is 2. The summed E-state index contributed by atoms with van der Waals surface area (Å²) < 4.78 is 16.7. The largest absolute Gasteiger partial charge is 0.507 e. The molecule has 0 spiro atoms. The minimum absolute atomic E-state index is 0.0245. The summed E-state index contributed by atoms with van der Waals surface area (Å²) in [5.41, 5.74) is 1.11. The molecule has 1 aliphatic heterocycles. The molecule has 0 bridgehead atoms. The average molecular weight is 476 g/mol. The second-order valence-corrected chi connectivity index (χ2v) is 8.24. The van der Waals surface area contributed by atoms with E-state index in [2.05, 4.69) is 6.92 Å². The van der Waals surface area contributed by atoms with Gasteiger partial charge in [0.1, 0.15) is 23.0 Å². The summed E-state index contributed by atoms with van der Waals surface area (Å²) in [7, 11) is 0. The number of nitrogens with zero attached hydrogens (tertiary/aromatic N) is 1. The highest BCUT2D eigenvalue weighted by atomic mass is 16.5. The van der Waals surface area contributed by atoms with E-state index < -0.39 is 17.7 Å². The van der Waals surface area contributed by atoms with Crippen molar-refractivity contribution in [1.29, 1.82) is 0 Å². The number of hydrogen-bond acceptors (Lipinski definition) is 6. The first kappa shape index (κ1) is 24.1. The fourth-order valence-corrected chi connectivity index (χ4v) is 4.10. The normalized spacial score (nSPS) is 17.1. The van der Waals surface area contributed by atoms with Gasteiger partial charge < -0.3 is 23.9 Å². The molecule has 0 radical (unpaired) electrons. The highest BCUT2D eigenvalue weighted by molar-refractivity contribution is 6.46. The number of hydrogen-bond donors (Lipinski definition) is 1. The molecular formula is C28H29NO6. The van der Waals surface area contributed by atoms with Gasteiger partial charge in [0, 0.05) is 5.56 Å². The first-order valence-corrected chi connectivity index (χ1v) is 11.8. The van der Waals surface area contributed by atoms with Crippen LogP contribution >= 0.6 is 0 Å². The Balaban J connectivity index is 1.76. The van der Waals surface area contributed by atoms with Crippen LogP contribution in [0.3, 0.4) is 0 Å². The molecule has 3 aromatic rings. The zero-order valence-corrected chi connectivity index (χ0v) is 19.9. The van der Waals surface area contributed by atoms with E-state index in [1.165, 1.54) is 11.2 Å². The number of amides is 1. The van der Waals surface area contributed by atoms with E-state index >= 15 is 0 Å². The summed E-state index contributed by atoms with van der Waals surface area (Å²) in [6, 6.07) is 16.8. The Kier molecular flexibility index (Phi) is 7.55. The Hall–Kier alpha value is -4.00. The van der Waals surface area contributed by atoms with Crippen molar-refractivity contribution < 1.29 is 28.6 Å². The molecule has 182 valence electrons. The van der Waals surface area contributed by atoms with Crippen molar-refractivity contribution in [2.24, 2.45) is 0 Å².